The van der Waals surface area contributed by atoms with Gasteiger partial charge in [0.1, 0.15) is 6.61 Å². The highest BCUT2D eigenvalue weighted by Gasteiger charge is 2.17. The number of esters is 2. The monoisotopic (exact) mass is 973 g/mol. The smallest absolute Gasteiger partial charge is 0.306 e. The molecule has 0 radical (unpaired) electrons. The van der Waals surface area contributed by atoms with Crippen LogP contribution < -0.4 is 0 Å². The zero-order valence-electron chi connectivity index (χ0n) is 46.3. The number of allylic oxidation sites excluding steroid dienone is 16. The summed E-state index contributed by atoms with van der Waals surface area (Å²) in [6.07, 6.45) is 81.4. The lowest BCUT2D eigenvalue weighted by atomic mass is 10.1. The molecule has 1 atom stereocenters. The predicted octanol–water partition coefficient (Wildman–Crippen LogP) is 20.6. The van der Waals surface area contributed by atoms with Gasteiger partial charge in [-0.2, -0.15) is 0 Å². The Bertz CT molecular complexity index is 1330. The van der Waals surface area contributed by atoms with Crippen molar-refractivity contribution in [1.82, 2.24) is 0 Å². The van der Waals surface area contributed by atoms with Crippen LogP contribution in [0.1, 0.15) is 278 Å². The van der Waals surface area contributed by atoms with E-state index in [0.29, 0.717) is 19.4 Å². The van der Waals surface area contributed by atoms with Gasteiger partial charge in [0, 0.05) is 19.4 Å². The summed E-state index contributed by atoms with van der Waals surface area (Å²) in [4.78, 5) is 25.5. The Labute approximate surface area is 434 Å². The fourth-order valence-electron chi connectivity index (χ4n) is 8.15. The third-order valence-corrected chi connectivity index (χ3v) is 12.6. The van der Waals surface area contributed by atoms with Gasteiger partial charge < -0.3 is 14.2 Å². The van der Waals surface area contributed by atoms with Crippen LogP contribution in [0, 0.1) is 0 Å². The molecule has 0 N–H and O–H groups in total. The molecular weight excluding hydrogens is 861 g/mol. The molecule has 402 valence electrons. The molecule has 0 saturated carbocycles. The predicted molar refractivity (Wildman–Crippen MR) is 306 cm³/mol. The summed E-state index contributed by atoms with van der Waals surface area (Å²) in [5.74, 6) is -0.429. The van der Waals surface area contributed by atoms with Crippen LogP contribution >= 0.6 is 0 Å². The van der Waals surface area contributed by atoms with Crippen molar-refractivity contribution in [2.45, 2.75) is 284 Å². The van der Waals surface area contributed by atoms with Gasteiger partial charge >= 0.3 is 11.9 Å². The van der Waals surface area contributed by atoms with Crippen molar-refractivity contribution in [1.29, 1.82) is 0 Å². The second-order valence-electron chi connectivity index (χ2n) is 19.5. The second kappa shape index (κ2) is 60.1. The lowest BCUT2D eigenvalue weighted by Crippen LogP contribution is -2.30. The molecule has 5 nitrogen and oxygen atoms in total. The molecule has 0 bridgehead atoms. The van der Waals surface area contributed by atoms with Crippen LogP contribution in [0.5, 0.6) is 0 Å². The Kier molecular flexibility index (Phi) is 57.4. The van der Waals surface area contributed by atoms with Crippen molar-refractivity contribution >= 4 is 11.9 Å². The zero-order valence-corrected chi connectivity index (χ0v) is 46.3. The van der Waals surface area contributed by atoms with Crippen molar-refractivity contribution < 1.29 is 23.8 Å². The van der Waals surface area contributed by atoms with Crippen molar-refractivity contribution in [2.24, 2.45) is 0 Å². The Morgan fingerprint density at radius 2 is 0.643 bits per heavy atom. The van der Waals surface area contributed by atoms with Crippen LogP contribution in [-0.4, -0.2) is 37.9 Å². The average Bonchev–Trinajstić information content (AvgIpc) is 3.36. The third-order valence-electron chi connectivity index (χ3n) is 12.6. The summed E-state index contributed by atoms with van der Waals surface area (Å²) in [5, 5.41) is 0. The molecule has 1 unspecified atom stereocenters. The standard InChI is InChI=1S/C65H112O5/c1-4-7-10-13-16-19-22-25-28-30-32-34-36-39-42-45-48-51-54-57-60-68-61-63(70-65(67)59-56-53-50-47-44-41-37-27-24-21-18-15-12-9-6-3)62-69-64(66)58-55-52-49-46-43-40-38-35-33-31-29-26-23-20-17-14-11-8-5-2/h9,12,16-21,25-29,33,35,37,63H,4-8,10-11,13-15,22-24,30-32,34,36,38-62H2,1-3H3/b12-9-,19-16-,20-17-,21-18-,28-25-,29-26-,35-33-,37-27-. The first-order valence-electron chi connectivity index (χ1n) is 29.8. The van der Waals surface area contributed by atoms with Gasteiger partial charge in [0.15, 0.2) is 6.10 Å². The molecule has 5 heteroatoms. The SMILES string of the molecule is CC/C=C\C/C=C\C/C=C\CCCCCCCC(=O)OC(COCCCCCCCCCCCC/C=C\C/C=C\CCCCC)COC(=O)CCCCCCCC/C=C\C/C=C\C/C=C\CCCCC. The number of rotatable bonds is 54. The minimum atomic E-state index is -0.559. The van der Waals surface area contributed by atoms with Gasteiger partial charge in [-0.1, -0.05) is 240 Å². The highest BCUT2D eigenvalue weighted by Crippen LogP contribution is 2.14. The summed E-state index contributed by atoms with van der Waals surface area (Å²) in [5.41, 5.74) is 0. The molecule has 0 aromatic heterocycles. The molecule has 0 aliphatic rings. The summed E-state index contributed by atoms with van der Waals surface area (Å²) >= 11 is 0. The highest BCUT2D eigenvalue weighted by molar-refractivity contribution is 5.70. The highest BCUT2D eigenvalue weighted by atomic mass is 16.6. The van der Waals surface area contributed by atoms with Gasteiger partial charge in [-0.25, -0.2) is 0 Å². The van der Waals surface area contributed by atoms with E-state index in [1.807, 2.05) is 0 Å². The molecular formula is C65H112O5. The largest absolute Gasteiger partial charge is 0.462 e. The van der Waals surface area contributed by atoms with E-state index >= 15 is 0 Å². The number of ether oxygens (including phenoxy) is 3. The Morgan fingerprint density at radius 1 is 0.329 bits per heavy atom. The maximum Gasteiger partial charge on any atom is 0.306 e. The molecule has 0 spiro atoms. The first-order valence-corrected chi connectivity index (χ1v) is 29.8. The van der Waals surface area contributed by atoms with Crippen molar-refractivity contribution in [3.05, 3.63) is 97.2 Å². The van der Waals surface area contributed by atoms with Crippen LogP contribution in [0.25, 0.3) is 0 Å². The Balaban J connectivity index is 4.32. The van der Waals surface area contributed by atoms with Crippen LogP contribution in [0.15, 0.2) is 97.2 Å². The quantitative estimate of drug-likeness (QED) is 0.0345. The van der Waals surface area contributed by atoms with Crippen LogP contribution in [0.4, 0.5) is 0 Å². The Morgan fingerprint density at radius 3 is 1.03 bits per heavy atom. The molecule has 0 saturated heterocycles. The van der Waals surface area contributed by atoms with Crippen LogP contribution in [-0.2, 0) is 23.8 Å². The van der Waals surface area contributed by atoms with Gasteiger partial charge in [-0.3, -0.25) is 9.59 Å². The minimum absolute atomic E-state index is 0.0663. The van der Waals surface area contributed by atoms with E-state index in [0.717, 1.165) is 103 Å². The summed E-state index contributed by atoms with van der Waals surface area (Å²) in [6.45, 7) is 7.65. The number of hydrogen-bond acceptors (Lipinski definition) is 5. The van der Waals surface area contributed by atoms with Gasteiger partial charge in [0.05, 0.1) is 6.61 Å². The number of unbranched alkanes of at least 4 members (excludes halogenated alkanes) is 27. The van der Waals surface area contributed by atoms with E-state index in [9.17, 15) is 9.59 Å². The van der Waals surface area contributed by atoms with Crippen molar-refractivity contribution in [3.63, 3.8) is 0 Å². The number of carbonyl (C=O) groups is 2. The molecule has 0 aliphatic carbocycles. The lowest BCUT2D eigenvalue weighted by molar-refractivity contribution is -0.163. The summed E-state index contributed by atoms with van der Waals surface area (Å²) < 4.78 is 17.5. The van der Waals surface area contributed by atoms with E-state index in [-0.39, 0.29) is 25.2 Å². The fourth-order valence-corrected chi connectivity index (χ4v) is 8.15. The fraction of sp³-hybridized carbons (Fsp3) is 0.723. The summed E-state index contributed by atoms with van der Waals surface area (Å²) in [7, 11) is 0. The van der Waals surface area contributed by atoms with Gasteiger partial charge in [-0.05, 0) is 122 Å². The molecule has 0 fully saturated rings. The maximum atomic E-state index is 12.9. The molecule has 0 heterocycles. The topological polar surface area (TPSA) is 61.8 Å². The van der Waals surface area contributed by atoms with Gasteiger partial charge in [0.25, 0.3) is 0 Å². The van der Waals surface area contributed by atoms with E-state index in [1.54, 1.807) is 0 Å². The van der Waals surface area contributed by atoms with Crippen LogP contribution in [0.3, 0.4) is 0 Å². The van der Waals surface area contributed by atoms with E-state index in [4.69, 9.17) is 14.2 Å². The Hall–Kier alpha value is -3.18. The van der Waals surface area contributed by atoms with Crippen LogP contribution in [0.2, 0.25) is 0 Å². The molecule has 0 aromatic carbocycles. The minimum Gasteiger partial charge on any atom is -0.462 e. The third kappa shape index (κ3) is 57.4. The number of carbonyl (C=O) groups excluding carboxylic acids is 2. The molecule has 0 aliphatic heterocycles. The molecule has 0 rings (SSSR count). The first kappa shape index (κ1) is 66.8. The van der Waals surface area contributed by atoms with E-state index in [1.165, 1.54) is 141 Å². The van der Waals surface area contributed by atoms with Gasteiger partial charge in [0.2, 0.25) is 0 Å². The normalized spacial score (nSPS) is 12.9. The summed E-state index contributed by atoms with van der Waals surface area (Å²) in [6, 6.07) is 0. The van der Waals surface area contributed by atoms with Crippen molar-refractivity contribution in [2.75, 3.05) is 19.8 Å². The molecule has 0 amide bonds. The molecule has 70 heavy (non-hydrogen) atoms. The zero-order chi connectivity index (χ0) is 50.6. The average molecular weight is 974 g/mol. The van der Waals surface area contributed by atoms with E-state index in [2.05, 4.69) is 118 Å². The van der Waals surface area contributed by atoms with E-state index < -0.39 is 6.10 Å². The second-order valence-corrected chi connectivity index (χ2v) is 19.5. The van der Waals surface area contributed by atoms with Gasteiger partial charge in [-0.15, -0.1) is 0 Å². The lowest BCUT2D eigenvalue weighted by Gasteiger charge is -2.18. The van der Waals surface area contributed by atoms with Crippen molar-refractivity contribution in [3.8, 4) is 0 Å². The number of hydrogen-bond donors (Lipinski definition) is 0. The maximum absolute atomic E-state index is 12.9. The first-order chi connectivity index (χ1) is 34.6. The molecule has 0 aromatic rings.